The van der Waals surface area contributed by atoms with Crippen molar-refractivity contribution in [2.45, 2.75) is 53.0 Å². The molecule has 4 nitrogen and oxygen atoms in total. The van der Waals surface area contributed by atoms with E-state index in [1.54, 1.807) is 11.3 Å². The highest BCUT2D eigenvalue weighted by molar-refractivity contribution is 7.71. The van der Waals surface area contributed by atoms with Crippen molar-refractivity contribution < 1.29 is 0 Å². The fourth-order valence-electron chi connectivity index (χ4n) is 2.08. The molecule has 2 aromatic rings. The van der Waals surface area contributed by atoms with E-state index in [-0.39, 0.29) is 0 Å². The van der Waals surface area contributed by atoms with Gasteiger partial charge in [-0.1, -0.05) is 13.8 Å². The van der Waals surface area contributed by atoms with Gasteiger partial charge in [0.05, 0.1) is 15.6 Å². The Hall–Kier alpha value is -1.01. The smallest absolute Gasteiger partial charge is 0.195 e. The molecule has 19 heavy (non-hydrogen) atoms. The Morgan fingerprint density at radius 3 is 2.68 bits per heavy atom. The van der Waals surface area contributed by atoms with Crippen LogP contribution >= 0.6 is 23.6 Å². The maximum atomic E-state index is 5.32. The zero-order valence-electron chi connectivity index (χ0n) is 11.9. The number of hydrogen-bond donors (Lipinski definition) is 1. The minimum Gasteiger partial charge on any atom is -0.297 e. The summed E-state index contributed by atoms with van der Waals surface area (Å²) in [5.74, 6) is 0.928. The normalized spacial score (nSPS) is 11.4. The summed E-state index contributed by atoms with van der Waals surface area (Å²) in [5, 5.41) is 8.50. The lowest BCUT2D eigenvalue weighted by Crippen LogP contribution is -2.03. The molecule has 0 atom stereocenters. The molecule has 1 N–H and O–H groups in total. The Kier molecular flexibility index (Phi) is 4.52. The van der Waals surface area contributed by atoms with Crippen LogP contribution in [0, 0.1) is 4.77 Å². The van der Waals surface area contributed by atoms with E-state index in [1.165, 1.54) is 5.01 Å². The standard InChI is InChI=1S/C13H20N4S2/c1-5-7-10-14-9(6-2)11(19-10)12-15-16-13(18)17(12)8(3)4/h8H,5-7H2,1-4H3,(H,16,18). The number of aromatic nitrogens is 4. The van der Waals surface area contributed by atoms with Crippen molar-refractivity contribution in [3.05, 3.63) is 15.5 Å². The van der Waals surface area contributed by atoms with E-state index in [2.05, 4.69) is 42.5 Å². The molecule has 2 rings (SSSR count). The highest BCUT2D eigenvalue weighted by Gasteiger charge is 2.18. The molecule has 6 heteroatoms. The van der Waals surface area contributed by atoms with Crippen molar-refractivity contribution in [2.75, 3.05) is 0 Å². The third kappa shape index (κ3) is 2.79. The second-order valence-electron chi connectivity index (χ2n) is 4.80. The van der Waals surface area contributed by atoms with Gasteiger partial charge in [0, 0.05) is 6.04 Å². The fraction of sp³-hybridized carbons (Fsp3) is 0.615. The lowest BCUT2D eigenvalue weighted by atomic mass is 10.2. The van der Waals surface area contributed by atoms with Crippen LogP contribution in [0.25, 0.3) is 10.7 Å². The first kappa shape index (κ1) is 14.4. The summed E-state index contributed by atoms with van der Waals surface area (Å²) in [5.41, 5.74) is 1.13. The van der Waals surface area contributed by atoms with Gasteiger partial charge >= 0.3 is 0 Å². The largest absolute Gasteiger partial charge is 0.297 e. The summed E-state index contributed by atoms with van der Waals surface area (Å²) < 4.78 is 2.75. The van der Waals surface area contributed by atoms with Crippen LogP contribution in [0.1, 0.15) is 50.9 Å². The van der Waals surface area contributed by atoms with Crippen LogP contribution in [0.4, 0.5) is 0 Å². The van der Waals surface area contributed by atoms with Crippen molar-refractivity contribution in [1.29, 1.82) is 0 Å². The maximum absolute atomic E-state index is 5.32. The molecule has 0 amide bonds. The van der Waals surface area contributed by atoms with E-state index in [9.17, 15) is 0 Å². The van der Waals surface area contributed by atoms with Crippen molar-refractivity contribution in [3.8, 4) is 10.7 Å². The van der Waals surface area contributed by atoms with E-state index in [1.807, 2.05) is 0 Å². The molecule has 2 aromatic heterocycles. The Morgan fingerprint density at radius 1 is 1.37 bits per heavy atom. The summed E-state index contributed by atoms with van der Waals surface area (Å²) in [6, 6.07) is 0.294. The first-order chi connectivity index (χ1) is 9.08. The minimum atomic E-state index is 0.294. The zero-order chi connectivity index (χ0) is 14.0. The van der Waals surface area contributed by atoms with E-state index in [0.29, 0.717) is 10.8 Å². The number of nitrogens with one attached hydrogen (secondary N) is 1. The predicted molar refractivity (Wildman–Crippen MR) is 82.3 cm³/mol. The van der Waals surface area contributed by atoms with Crippen molar-refractivity contribution in [2.24, 2.45) is 0 Å². The Morgan fingerprint density at radius 2 is 2.11 bits per heavy atom. The molecular formula is C13H20N4S2. The van der Waals surface area contributed by atoms with Gasteiger partial charge in [0.15, 0.2) is 10.6 Å². The molecule has 0 saturated heterocycles. The van der Waals surface area contributed by atoms with Gasteiger partial charge < -0.3 is 0 Å². The number of rotatable bonds is 5. The summed E-state index contributed by atoms with van der Waals surface area (Å²) in [6.07, 6.45) is 3.07. The fourth-order valence-corrected chi connectivity index (χ4v) is 3.66. The first-order valence-corrected chi connectivity index (χ1v) is 7.96. The molecule has 104 valence electrons. The highest BCUT2D eigenvalue weighted by Crippen LogP contribution is 2.31. The van der Waals surface area contributed by atoms with Gasteiger partial charge in [-0.2, -0.15) is 5.10 Å². The summed E-state index contributed by atoms with van der Waals surface area (Å²) in [6.45, 7) is 8.55. The number of H-pyrrole nitrogens is 1. The molecule has 0 aliphatic carbocycles. The molecule has 0 aliphatic rings. The van der Waals surface area contributed by atoms with Gasteiger partial charge in [0.1, 0.15) is 0 Å². The lowest BCUT2D eigenvalue weighted by molar-refractivity contribution is 0.597. The quantitative estimate of drug-likeness (QED) is 0.843. The van der Waals surface area contributed by atoms with Gasteiger partial charge in [0.25, 0.3) is 0 Å². The van der Waals surface area contributed by atoms with E-state index < -0.39 is 0 Å². The van der Waals surface area contributed by atoms with Crippen LogP contribution in [-0.4, -0.2) is 19.7 Å². The van der Waals surface area contributed by atoms with Crippen LogP contribution in [0.2, 0.25) is 0 Å². The van der Waals surface area contributed by atoms with Crippen LogP contribution in [0.3, 0.4) is 0 Å². The van der Waals surface area contributed by atoms with Gasteiger partial charge in [-0.25, -0.2) is 4.98 Å². The van der Waals surface area contributed by atoms with Crippen molar-refractivity contribution >= 4 is 23.6 Å². The molecule has 0 unspecified atom stereocenters. The third-order valence-corrected chi connectivity index (χ3v) is 4.41. The average Bonchev–Trinajstić information content (AvgIpc) is 2.92. The van der Waals surface area contributed by atoms with Crippen molar-refractivity contribution in [1.82, 2.24) is 19.7 Å². The number of aromatic amines is 1. The molecule has 0 bridgehead atoms. The molecule has 0 saturated carbocycles. The predicted octanol–water partition coefficient (Wildman–Crippen LogP) is 4.16. The monoisotopic (exact) mass is 296 g/mol. The topological polar surface area (TPSA) is 46.5 Å². The Bertz CT molecular complexity index is 606. The van der Waals surface area contributed by atoms with Crippen LogP contribution in [0.5, 0.6) is 0 Å². The Labute approximate surface area is 122 Å². The molecule has 2 heterocycles. The second-order valence-corrected chi connectivity index (χ2v) is 6.27. The van der Waals surface area contributed by atoms with Gasteiger partial charge in [-0.3, -0.25) is 9.67 Å². The summed E-state index contributed by atoms with van der Waals surface area (Å²) in [4.78, 5) is 5.88. The Balaban J connectivity index is 2.55. The number of aryl methyl sites for hydroxylation is 2. The minimum absolute atomic E-state index is 0.294. The SMILES string of the molecule is CCCc1nc(CC)c(-c2n[nH]c(=S)n2C(C)C)s1. The maximum Gasteiger partial charge on any atom is 0.195 e. The van der Waals surface area contributed by atoms with Crippen LogP contribution in [0.15, 0.2) is 0 Å². The first-order valence-electron chi connectivity index (χ1n) is 6.74. The average molecular weight is 296 g/mol. The van der Waals surface area contributed by atoms with Gasteiger partial charge in [-0.15, -0.1) is 11.3 Å². The number of nitrogens with zero attached hydrogens (tertiary/aromatic N) is 3. The number of hydrogen-bond acceptors (Lipinski definition) is 4. The molecule has 0 radical (unpaired) electrons. The van der Waals surface area contributed by atoms with Gasteiger partial charge in [0.2, 0.25) is 0 Å². The van der Waals surface area contributed by atoms with Crippen LogP contribution in [-0.2, 0) is 12.8 Å². The van der Waals surface area contributed by atoms with E-state index in [0.717, 1.165) is 35.7 Å². The highest BCUT2D eigenvalue weighted by atomic mass is 32.1. The number of thiazole rings is 1. The van der Waals surface area contributed by atoms with Gasteiger partial charge in [-0.05, 0) is 45.3 Å². The summed E-state index contributed by atoms with van der Waals surface area (Å²) >= 11 is 7.06. The second kappa shape index (κ2) is 5.96. The summed E-state index contributed by atoms with van der Waals surface area (Å²) in [7, 11) is 0. The molecule has 0 aliphatic heterocycles. The molecule has 0 aromatic carbocycles. The lowest BCUT2D eigenvalue weighted by Gasteiger charge is -2.09. The van der Waals surface area contributed by atoms with E-state index >= 15 is 0 Å². The molecule has 0 spiro atoms. The van der Waals surface area contributed by atoms with Crippen molar-refractivity contribution in [3.63, 3.8) is 0 Å². The molecule has 0 fully saturated rings. The molecular weight excluding hydrogens is 276 g/mol. The zero-order valence-corrected chi connectivity index (χ0v) is 13.5. The van der Waals surface area contributed by atoms with Crippen LogP contribution < -0.4 is 0 Å². The van der Waals surface area contributed by atoms with E-state index in [4.69, 9.17) is 17.2 Å². The third-order valence-electron chi connectivity index (χ3n) is 2.96.